The largest absolute Gasteiger partial charge is 0.383 e. The van der Waals surface area contributed by atoms with Crippen molar-refractivity contribution < 1.29 is 17.4 Å². The van der Waals surface area contributed by atoms with E-state index in [-0.39, 0.29) is 17.6 Å². The number of carbonyl (C=O) groups is 1. The number of nitrogens with zero attached hydrogens (tertiary/aromatic N) is 1. The van der Waals surface area contributed by atoms with E-state index < -0.39 is 10.1 Å². The predicted octanol–water partition coefficient (Wildman–Crippen LogP) is 4.20. The molecule has 1 aliphatic carbocycles. The summed E-state index contributed by atoms with van der Waals surface area (Å²) in [6, 6.07) is 17.1. The number of hydrogen-bond acceptors (Lipinski definition) is 4. The van der Waals surface area contributed by atoms with Gasteiger partial charge in [-0.25, -0.2) is 0 Å². The van der Waals surface area contributed by atoms with Gasteiger partial charge in [0.25, 0.3) is 0 Å². The zero-order chi connectivity index (χ0) is 21.0. The Morgan fingerprint density at radius 3 is 2.34 bits per heavy atom. The van der Waals surface area contributed by atoms with Gasteiger partial charge in [0.15, 0.2) is 0 Å². The van der Waals surface area contributed by atoms with E-state index in [9.17, 15) is 13.2 Å². The first-order chi connectivity index (χ1) is 13.7. The molecule has 0 aliphatic heterocycles. The van der Waals surface area contributed by atoms with E-state index in [0.717, 1.165) is 31.2 Å². The molecule has 1 amide bonds. The molecule has 29 heavy (non-hydrogen) atoms. The minimum atomic E-state index is -3.54. The van der Waals surface area contributed by atoms with Crippen LogP contribution in [0, 0.1) is 11.8 Å². The van der Waals surface area contributed by atoms with Crippen LogP contribution >= 0.6 is 0 Å². The minimum Gasteiger partial charge on any atom is -0.383 e. The molecule has 0 aromatic heterocycles. The lowest BCUT2D eigenvalue weighted by Gasteiger charge is -2.24. The molecule has 2 unspecified atom stereocenters. The van der Waals surface area contributed by atoms with Crippen molar-refractivity contribution in [3.63, 3.8) is 0 Å². The Hall–Kier alpha value is -2.34. The Balaban J connectivity index is 1.68. The molecule has 2 aromatic carbocycles. The molecule has 6 heteroatoms. The average Bonchev–Trinajstić information content (AvgIpc) is 3.46. The minimum absolute atomic E-state index is 0.0532. The van der Waals surface area contributed by atoms with Crippen molar-refractivity contribution in [3.8, 4) is 5.75 Å². The fourth-order valence-electron chi connectivity index (χ4n) is 3.50. The van der Waals surface area contributed by atoms with Crippen molar-refractivity contribution in [3.05, 3.63) is 65.7 Å². The van der Waals surface area contributed by atoms with E-state index in [1.165, 1.54) is 5.56 Å². The van der Waals surface area contributed by atoms with Gasteiger partial charge in [0.05, 0.1) is 6.26 Å². The van der Waals surface area contributed by atoms with Gasteiger partial charge >= 0.3 is 10.1 Å². The summed E-state index contributed by atoms with van der Waals surface area (Å²) < 4.78 is 27.4. The molecule has 0 radical (unpaired) electrons. The van der Waals surface area contributed by atoms with Gasteiger partial charge < -0.3 is 9.08 Å². The second-order valence-corrected chi connectivity index (χ2v) is 9.81. The van der Waals surface area contributed by atoms with Crippen LogP contribution in [0.4, 0.5) is 0 Å². The summed E-state index contributed by atoms with van der Waals surface area (Å²) in [5.74, 6) is 1.37. The standard InChI is InChI=1S/C23H29NO4S/c1-17(2)13-14-24(16-18-9-11-20(12-10-18)28-29(3,26)27)23(25)22-15-21(22)19-7-5-4-6-8-19/h4-12,17,21-22H,13-16H2,1-3H3. The van der Waals surface area contributed by atoms with Crippen LogP contribution < -0.4 is 4.18 Å². The van der Waals surface area contributed by atoms with Crippen LogP contribution in [0.1, 0.15) is 43.7 Å². The zero-order valence-electron chi connectivity index (χ0n) is 17.2. The molecule has 5 nitrogen and oxygen atoms in total. The molecule has 2 aromatic rings. The number of benzene rings is 2. The summed E-state index contributed by atoms with van der Waals surface area (Å²) >= 11 is 0. The second-order valence-electron chi connectivity index (χ2n) is 8.23. The topological polar surface area (TPSA) is 63.7 Å². The summed E-state index contributed by atoms with van der Waals surface area (Å²) in [6.07, 6.45) is 2.87. The van der Waals surface area contributed by atoms with Crippen LogP contribution in [0.15, 0.2) is 54.6 Å². The van der Waals surface area contributed by atoms with Crippen molar-refractivity contribution in [2.24, 2.45) is 11.8 Å². The fourth-order valence-corrected chi connectivity index (χ4v) is 3.96. The van der Waals surface area contributed by atoms with E-state index in [2.05, 4.69) is 26.0 Å². The average molecular weight is 416 g/mol. The first-order valence-electron chi connectivity index (χ1n) is 10.0. The lowest BCUT2D eigenvalue weighted by Crippen LogP contribution is -2.33. The molecular weight excluding hydrogens is 386 g/mol. The van der Waals surface area contributed by atoms with Gasteiger partial charge in [0, 0.05) is 19.0 Å². The third kappa shape index (κ3) is 6.32. The van der Waals surface area contributed by atoms with Crippen LogP contribution in [0.3, 0.4) is 0 Å². The van der Waals surface area contributed by atoms with Gasteiger partial charge in [0.2, 0.25) is 5.91 Å². The highest BCUT2D eigenvalue weighted by atomic mass is 32.2. The Labute approximate surface area is 173 Å². The van der Waals surface area contributed by atoms with Crippen LogP contribution in [-0.2, 0) is 21.5 Å². The number of hydrogen-bond donors (Lipinski definition) is 0. The predicted molar refractivity (Wildman–Crippen MR) is 114 cm³/mol. The maximum Gasteiger partial charge on any atom is 0.306 e. The van der Waals surface area contributed by atoms with Crippen molar-refractivity contribution in [2.75, 3.05) is 12.8 Å². The SMILES string of the molecule is CC(C)CCN(Cc1ccc(OS(C)(=O)=O)cc1)C(=O)C1CC1c1ccccc1. The van der Waals surface area contributed by atoms with Gasteiger partial charge in [-0.2, -0.15) is 8.42 Å². The summed E-state index contributed by atoms with van der Waals surface area (Å²) in [4.78, 5) is 15.1. The summed E-state index contributed by atoms with van der Waals surface area (Å²) in [7, 11) is -3.54. The van der Waals surface area contributed by atoms with Crippen molar-refractivity contribution >= 4 is 16.0 Å². The maximum absolute atomic E-state index is 13.2. The molecule has 0 saturated heterocycles. The Kier molecular flexibility index (Phi) is 6.63. The number of rotatable bonds is 9. The van der Waals surface area contributed by atoms with Gasteiger partial charge in [-0.3, -0.25) is 4.79 Å². The molecule has 156 valence electrons. The van der Waals surface area contributed by atoms with E-state index in [1.54, 1.807) is 12.1 Å². The number of amides is 1. The number of carbonyl (C=O) groups excluding carboxylic acids is 1. The highest BCUT2D eigenvalue weighted by Gasteiger charge is 2.45. The van der Waals surface area contributed by atoms with E-state index in [4.69, 9.17) is 4.18 Å². The van der Waals surface area contributed by atoms with Crippen LogP contribution in [-0.4, -0.2) is 32.0 Å². The first-order valence-corrected chi connectivity index (χ1v) is 11.9. The molecule has 0 heterocycles. The smallest absolute Gasteiger partial charge is 0.306 e. The molecular formula is C23H29NO4S. The molecule has 1 saturated carbocycles. The van der Waals surface area contributed by atoms with Crippen LogP contribution in [0.25, 0.3) is 0 Å². The first kappa shape index (κ1) is 21.4. The van der Waals surface area contributed by atoms with E-state index in [0.29, 0.717) is 18.4 Å². The van der Waals surface area contributed by atoms with Crippen molar-refractivity contribution in [2.45, 2.75) is 39.2 Å². The highest BCUT2D eigenvalue weighted by Crippen LogP contribution is 2.48. The zero-order valence-corrected chi connectivity index (χ0v) is 18.1. The Morgan fingerprint density at radius 2 is 1.76 bits per heavy atom. The Bertz CT molecular complexity index is 923. The normalized spacial score (nSPS) is 18.5. The van der Waals surface area contributed by atoms with Crippen molar-refractivity contribution in [1.29, 1.82) is 0 Å². The molecule has 2 atom stereocenters. The maximum atomic E-state index is 13.2. The quantitative estimate of drug-likeness (QED) is 0.576. The molecule has 0 N–H and O–H groups in total. The fraction of sp³-hybridized carbons (Fsp3) is 0.435. The van der Waals surface area contributed by atoms with E-state index in [1.807, 2.05) is 35.2 Å². The highest BCUT2D eigenvalue weighted by molar-refractivity contribution is 7.86. The van der Waals surface area contributed by atoms with Crippen molar-refractivity contribution in [1.82, 2.24) is 4.90 Å². The third-order valence-corrected chi connectivity index (χ3v) is 5.66. The monoisotopic (exact) mass is 415 g/mol. The summed E-state index contributed by atoms with van der Waals surface area (Å²) in [5, 5.41) is 0. The van der Waals surface area contributed by atoms with Gasteiger partial charge in [-0.05, 0) is 47.9 Å². The van der Waals surface area contributed by atoms with E-state index >= 15 is 0 Å². The molecule has 0 bridgehead atoms. The lowest BCUT2D eigenvalue weighted by atomic mass is 10.1. The van der Waals surface area contributed by atoms with Gasteiger partial charge in [-0.1, -0.05) is 56.3 Å². The Morgan fingerprint density at radius 1 is 1.10 bits per heavy atom. The summed E-state index contributed by atoms with van der Waals surface area (Å²) in [6.45, 7) is 5.55. The van der Waals surface area contributed by atoms with Gasteiger partial charge in [0.1, 0.15) is 5.75 Å². The molecule has 3 rings (SSSR count). The summed E-state index contributed by atoms with van der Waals surface area (Å²) in [5.41, 5.74) is 2.19. The van der Waals surface area contributed by atoms with Gasteiger partial charge in [-0.15, -0.1) is 0 Å². The third-order valence-electron chi connectivity index (χ3n) is 5.17. The second kappa shape index (κ2) is 8.99. The lowest BCUT2D eigenvalue weighted by molar-refractivity contribution is -0.133. The molecule has 1 fully saturated rings. The molecule has 1 aliphatic rings. The molecule has 0 spiro atoms. The van der Waals surface area contributed by atoms with Crippen LogP contribution in [0.2, 0.25) is 0 Å². The van der Waals surface area contributed by atoms with Crippen LogP contribution in [0.5, 0.6) is 5.75 Å².